The van der Waals surface area contributed by atoms with Crippen LogP contribution in [0.15, 0.2) is 54.6 Å². The highest BCUT2D eigenvalue weighted by atomic mass is 19.4. The van der Waals surface area contributed by atoms with E-state index in [2.05, 4.69) is 4.74 Å². The molecule has 6 heteroatoms. The number of rotatable bonds is 5. The highest BCUT2D eigenvalue weighted by Gasteiger charge is 2.31. The zero-order valence-electron chi connectivity index (χ0n) is 11.6. The van der Waals surface area contributed by atoms with E-state index in [1.165, 1.54) is 24.3 Å². The van der Waals surface area contributed by atoms with Gasteiger partial charge < -0.3 is 15.6 Å². The maximum Gasteiger partial charge on any atom is 0.573 e. The number of halogens is 3. The van der Waals surface area contributed by atoms with E-state index in [1.54, 1.807) is 0 Å². The molecule has 22 heavy (non-hydrogen) atoms. The lowest BCUT2D eigenvalue weighted by Crippen LogP contribution is -2.28. The number of aliphatic hydroxyl groups is 1. The number of alkyl halides is 3. The maximum atomic E-state index is 12.1. The van der Waals surface area contributed by atoms with E-state index in [0.29, 0.717) is 12.0 Å². The number of nitrogens with two attached hydrogens (primary N) is 1. The Bertz CT molecular complexity index is 585. The fraction of sp³-hybridized carbons (Fsp3) is 0.250. The average molecular weight is 311 g/mol. The van der Waals surface area contributed by atoms with Gasteiger partial charge in [-0.1, -0.05) is 42.5 Å². The zero-order chi connectivity index (χ0) is 16.2. The number of ether oxygens (including phenoxy) is 1. The van der Waals surface area contributed by atoms with E-state index in [-0.39, 0.29) is 5.75 Å². The van der Waals surface area contributed by atoms with Gasteiger partial charge >= 0.3 is 6.36 Å². The smallest absolute Gasteiger partial charge is 0.406 e. The van der Waals surface area contributed by atoms with Gasteiger partial charge in [0.15, 0.2) is 0 Å². The standard InChI is InChI=1S/C16H16F3NO2/c17-16(18,19)22-13-8-6-12(7-9-13)15(20)14(21)10-11-4-2-1-3-5-11/h1-9,14-15,21H,10,20H2/t14-,15+/m1/s1. The van der Waals surface area contributed by atoms with Crippen molar-refractivity contribution in [3.63, 3.8) is 0 Å². The van der Waals surface area contributed by atoms with E-state index in [1.807, 2.05) is 30.3 Å². The van der Waals surface area contributed by atoms with Crippen molar-refractivity contribution in [2.45, 2.75) is 24.9 Å². The molecule has 0 heterocycles. The van der Waals surface area contributed by atoms with E-state index in [9.17, 15) is 18.3 Å². The van der Waals surface area contributed by atoms with E-state index >= 15 is 0 Å². The van der Waals surface area contributed by atoms with Crippen molar-refractivity contribution in [2.24, 2.45) is 5.73 Å². The predicted octanol–water partition coefficient (Wildman–Crippen LogP) is 3.19. The zero-order valence-corrected chi connectivity index (χ0v) is 11.6. The summed E-state index contributed by atoms with van der Waals surface area (Å²) in [6, 6.07) is 13.8. The molecule has 0 aliphatic carbocycles. The van der Waals surface area contributed by atoms with Crippen LogP contribution in [0.3, 0.4) is 0 Å². The predicted molar refractivity (Wildman–Crippen MR) is 76.2 cm³/mol. The van der Waals surface area contributed by atoms with Gasteiger partial charge in [0.05, 0.1) is 12.1 Å². The topological polar surface area (TPSA) is 55.5 Å². The molecule has 0 radical (unpaired) electrons. The van der Waals surface area contributed by atoms with Crippen LogP contribution in [0.5, 0.6) is 5.75 Å². The van der Waals surface area contributed by atoms with Gasteiger partial charge in [-0.05, 0) is 23.3 Å². The minimum Gasteiger partial charge on any atom is -0.406 e. The van der Waals surface area contributed by atoms with E-state index in [4.69, 9.17) is 5.73 Å². The highest BCUT2D eigenvalue weighted by Crippen LogP contribution is 2.25. The summed E-state index contributed by atoms with van der Waals surface area (Å²) < 4.78 is 40.0. The molecule has 3 N–H and O–H groups in total. The summed E-state index contributed by atoms with van der Waals surface area (Å²) in [6.45, 7) is 0. The molecular weight excluding hydrogens is 295 g/mol. The Labute approximate surface area is 126 Å². The molecule has 0 aliphatic heterocycles. The highest BCUT2D eigenvalue weighted by molar-refractivity contribution is 5.30. The minimum atomic E-state index is -4.73. The fourth-order valence-electron chi connectivity index (χ4n) is 2.10. The summed E-state index contributed by atoms with van der Waals surface area (Å²) in [5.41, 5.74) is 7.42. The number of aliphatic hydroxyl groups excluding tert-OH is 1. The van der Waals surface area contributed by atoms with Crippen molar-refractivity contribution in [1.29, 1.82) is 0 Å². The average Bonchev–Trinajstić information content (AvgIpc) is 2.46. The van der Waals surface area contributed by atoms with Crippen molar-refractivity contribution < 1.29 is 23.0 Å². The lowest BCUT2D eigenvalue weighted by Gasteiger charge is -2.20. The summed E-state index contributed by atoms with van der Waals surface area (Å²) >= 11 is 0. The summed E-state index contributed by atoms with van der Waals surface area (Å²) in [5, 5.41) is 10.1. The third kappa shape index (κ3) is 4.75. The lowest BCUT2D eigenvalue weighted by molar-refractivity contribution is -0.274. The summed E-state index contributed by atoms with van der Waals surface area (Å²) in [7, 11) is 0. The molecule has 0 saturated carbocycles. The number of hydrogen-bond donors (Lipinski definition) is 2. The summed E-state index contributed by atoms with van der Waals surface area (Å²) in [5.74, 6) is -0.319. The van der Waals surface area contributed by atoms with Gasteiger partial charge in [0.25, 0.3) is 0 Å². The minimum absolute atomic E-state index is 0.319. The quantitative estimate of drug-likeness (QED) is 0.891. The first kappa shape index (κ1) is 16.3. The van der Waals surface area contributed by atoms with Gasteiger partial charge in [-0.2, -0.15) is 0 Å². The lowest BCUT2D eigenvalue weighted by atomic mass is 9.97. The molecule has 118 valence electrons. The van der Waals surface area contributed by atoms with Gasteiger partial charge in [-0.3, -0.25) is 0 Å². The van der Waals surface area contributed by atoms with Crippen molar-refractivity contribution in [1.82, 2.24) is 0 Å². The van der Waals surface area contributed by atoms with Gasteiger partial charge in [-0.25, -0.2) is 0 Å². The molecule has 0 saturated heterocycles. The molecule has 0 aliphatic rings. The largest absolute Gasteiger partial charge is 0.573 e. The van der Waals surface area contributed by atoms with Crippen LogP contribution in [0, 0.1) is 0 Å². The first-order valence-electron chi connectivity index (χ1n) is 6.68. The Kier molecular flexibility index (Phi) is 5.05. The van der Waals surface area contributed by atoms with Gasteiger partial charge in [0, 0.05) is 6.42 Å². The molecule has 2 aromatic carbocycles. The first-order valence-corrected chi connectivity index (χ1v) is 6.68. The Balaban J connectivity index is 2.01. The second-order valence-electron chi connectivity index (χ2n) is 4.90. The van der Waals surface area contributed by atoms with Crippen LogP contribution in [0.2, 0.25) is 0 Å². The molecule has 2 rings (SSSR count). The normalized spacial score (nSPS) is 14.4. The van der Waals surface area contributed by atoms with Crippen molar-refractivity contribution in [2.75, 3.05) is 0 Å². The van der Waals surface area contributed by atoms with E-state index in [0.717, 1.165) is 5.56 Å². The van der Waals surface area contributed by atoms with Gasteiger partial charge in [-0.15, -0.1) is 13.2 Å². The SMILES string of the molecule is N[C@@H](c1ccc(OC(F)(F)F)cc1)[C@H](O)Cc1ccccc1. The molecule has 3 nitrogen and oxygen atoms in total. The number of benzene rings is 2. The molecule has 0 bridgehead atoms. The van der Waals surface area contributed by atoms with Gasteiger partial charge in [0.1, 0.15) is 5.75 Å². The Morgan fingerprint density at radius 1 is 1.00 bits per heavy atom. The van der Waals surface area contributed by atoms with Crippen LogP contribution in [-0.2, 0) is 6.42 Å². The van der Waals surface area contributed by atoms with Crippen LogP contribution in [0.25, 0.3) is 0 Å². The Morgan fingerprint density at radius 2 is 1.59 bits per heavy atom. The second-order valence-corrected chi connectivity index (χ2v) is 4.90. The molecular formula is C16H16F3NO2. The van der Waals surface area contributed by atoms with Crippen molar-refractivity contribution in [3.8, 4) is 5.75 Å². The second kappa shape index (κ2) is 6.81. The first-order chi connectivity index (χ1) is 10.3. The summed E-state index contributed by atoms with van der Waals surface area (Å²) in [4.78, 5) is 0. The van der Waals surface area contributed by atoms with Crippen molar-refractivity contribution >= 4 is 0 Å². The summed E-state index contributed by atoms with van der Waals surface area (Å²) in [6.07, 6.45) is -5.20. The Morgan fingerprint density at radius 3 is 2.14 bits per heavy atom. The molecule has 0 amide bonds. The third-order valence-corrected chi connectivity index (χ3v) is 3.20. The van der Waals surface area contributed by atoms with Crippen LogP contribution >= 0.6 is 0 Å². The molecule has 0 spiro atoms. The number of hydrogen-bond acceptors (Lipinski definition) is 3. The Hall–Kier alpha value is -2.05. The maximum absolute atomic E-state index is 12.1. The van der Waals surface area contributed by atoms with Crippen LogP contribution in [0.1, 0.15) is 17.2 Å². The molecule has 0 fully saturated rings. The third-order valence-electron chi connectivity index (χ3n) is 3.20. The molecule has 0 unspecified atom stereocenters. The van der Waals surface area contributed by atoms with Crippen LogP contribution < -0.4 is 10.5 Å². The van der Waals surface area contributed by atoms with Crippen molar-refractivity contribution in [3.05, 3.63) is 65.7 Å². The van der Waals surface area contributed by atoms with Crippen LogP contribution in [0.4, 0.5) is 13.2 Å². The van der Waals surface area contributed by atoms with Gasteiger partial charge in [0.2, 0.25) is 0 Å². The fourth-order valence-corrected chi connectivity index (χ4v) is 2.10. The molecule has 0 aromatic heterocycles. The molecule has 2 aromatic rings. The van der Waals surface area contributed by atoms with E-state index < -0.39 is 18.5 Å². The van der Waals surface area contributed by atoms with Crippen LogP contribution in [-0.4, -0.2) is 17.6 Å². The monoisotopic (exact) mass is 311 g/mol. The molecule has 2 atom stereocenters.